The lowest BCUT2D eigenvalue weighted by Crippen LogP contribution is -1.97. The number of thioether (sulfide) groups is 1. The van der Waals surface area contributed by atoms with Gasteiger partial charge in [0.05, 0.1) is 15.5 Å². The van der Waals surface area contributed by atoms with E-state index in [0.29, 0.717) is 5.88 Å². The van der Waals surface area contributed by atoms with E-state index in [4.69, 9.17) is 11.6 Å². The molecule has 0 bridgehead atoms. The van der Waals surface area contributed by atoms with Gasteiger partial charge in [-0.2, -0.15) is 0 Å². The number of nitro groups is 1. The Morgan fingerprint density at radius 1 is 1.44 bits per heavy atom. The Hall–Kier alpha value is -1.33. The molecule has 0 fully saturated rings. The Morgan fingerprint density at radius 2 is 2.22 bits per heavy atom. The van der Waals surface area contributed by atoms with Crippen LogP contribution in [0.3, 0.4) is 0 Å². The number of halogens is 1. The van der Waals surface area contributed by atoms with Crippen LogP contribution in [-0.2, 0) is 0 Å². The maximum atomic E-state index is 10.7. The maximum absolute atomic E-state index is 10.7. The molecule has 1 unspecified atom stereocenters. The Bertz CT molecular complexity index is 591. The van der Waals surface area contributed by atoms with Crippen LogP contribution < -0.4 is 0 Å². The van der Waals surface area contributed by atoms with Crippen molar-refractivity contribution in [3.05, 3.63) is 40.4 Å². The molecule has 0 saturated carbocycles. The third-order valence-corrected chi connectivity index (χ3v) is 4.08. The van der Waals surface area contributed by atoms with Gasteiger partial charge in [0.15, 0.2) is 0 Å². The van der Waals surface area contributed by atoms with Gasteiger partial charge in [-0.25, -0.2) is 4.98 Å². The number of benzene rings is 1. The van der Waals surface area contributed by atoms with Gasteiger partial charge in [0, 0.05) is 28.6 Å². The summed E-state index contributed by atoms with van der Waals surface area (Å²) in [4.78, 5) is 14.7. The fraction of sp³-hybridized carbons (Fsp3) is 0.250. The second-order valence-corrected chi connectivity index (χ2v) is 5.63. The van der Waals surface area contributed by atoms with E-state index in [1.165, 1.54) is 12.1 Å². The van der Waals surface area contributed by atoms with Crippen LogP contribution in [0.4, 0.5) is 5.69 Å². The summed E-state index contributed by atoms with van der Waals surface area (Å²) in [6.07, 6.45) is 0. The summed E-state index contributed by atoms with van der Waals surface area (Å²) in [5.74, 6) is 0.560. The molecule has 0 spiro atoms. The average Bonchev–Trinajstić information content (AvgIpc) is 2.37. The van der Waals surface area contributed by atoms with Crippen LogP contribution >= 0.6 is 23.4 Å². The molecule has 0 aliphatic rings. The summed E-state index contributed by atoms with van der Waals surface area (Å²) < 4.78 is 0. The molecular formula is C12H11ClN2O2S. The van der Waals surface area contributed by atoms with E-state index in [9.17, 15) is 10.1 Å². The second-order valence-electron chi connectivity index (χ2n) is 3.87. The summed E-state index contributed by atoms with van der Waals surface area (Å²) in [5.41, 5.74) is 0.839. The van der Waals surface area contributed by atoms with Gasteiger partial charge in [-0.05, 0) is 18.2 Å². The highest BCUT2D eigenvalue weighted by Gasteiger charge is 2.08. The number of fused-ring (bicyclic) bond motifs is 1. The summed E-state index contributed by atoms with van der Waals surface area (Å²) in [7, 11) is 0. The molecule has 0 amide bonds. The highest BCUT2D eigenvalue weighted by atomic mass is 35.5. The van der Waals surface area contributed by atoms with Gasteiger partial charge in [-0.1, -0.05) is 6.92 Å². The normalized spacial score (nSPS) is 12.6. The zero-order valence-corrected chi connectivity index (χ0v) is 11.2. The number of rotatable bonds is 4. The van der Waals surface area contributed by atoms with Gasteiger partial charge in [0.2, 0.25) is 0 Å². The van der Waals surface area contributed by atoms with E-state index in [1.54, 1.807) is 17.8 Å². The molecule has 2 aromatic rings. The van der Waals surface area contributed by atoms with Crippen LogP contribution in [0.5, 0.6) is 0 Å². The first-order chi connectivity index (χ1) is 8.60. The standard InChI is InChI=1S/C12H11ClN2O2S/c1-8(7-13)18-12-5-2-9-6-10(15(16)17)3-4-11(9)14-12/h2-6,8H,7H2,1H3. The Balaban J connectivity index is 2.35. The smallest absolute Gasteiger partial charge is 0.258 e. The second kappa shape index (κ2) is 5.54. The maximum Gasteiger partial charge on any atom is 0.270 e. The zero-order valence-electron chi connectivity index (χ0n) is 9.67. The molecule has 1 atom stereocenters. The van der Waals surface area contributed by atoms with Crippen molar-refractivity contribution in [1.29, 1.82) is 0 Å². The third-order valence-electron chi connectivity index (χ3n) is 2.40. The van der Waals surface area contributed by atoms with Crippen molar-refractivity contribution in [2.75, 3.05) is 5.88 Å². The van der Waals surface area contributed by atoms with E-state index in [2.05, 4.69) is 4.98 Å². The number of hydrogen-bond acceptors (Lipinski definition) is 4. The summed E-state index contributed by atoms with van der Waals surface area (Å²) >= 11 is 7.34. The van der Waals surface area contributed by atoms with Gasteiger partial charge in [-0.15, -0.1) is 23.4 Å². The Labute approximate surface area is 114 Å². The quantitative estimate of drug-likeness (QED) is 0.370. The lowest BCUT2D eigenvalue weighted by Gasteiger charge is -2.06. The molecule has 2 rings (SSSR count). The zero-order chi connectivity index (χ0) is 13.1. The van der Waals surface area contributed by atoms with E-state index >= 15 is 0 Å². The molecule has 0 aliphatic heterocycles. The van der Waals surface area contributed by atoms with Crippen molar-refractivity contribution >= 4 is 40.0 Å². The van der Waals surface area contributed by atoms with Crippen LogP contribution in [0, 0.1) is 10.1 Å². The molecule has 1 aromatic carbocycles. The predicted molar refractivity (Wildman–Crippen MR) is 74.4 cm³/mol. The minimum atomic E-state index is -0.405. The topological polar surface area (TPSA) is 56.0 Å². The fourth-order valence-electron chi connectivity index (χ4n) is 1.51. The molecule has 18 heavy (non-hydrogen) atoms. The number of pyridine rings is 1. The molecule has 0 aliphatic carbocycles. The molecule has 6 heteroatoms. The van der Waals surface area contributed by atoms with Gasteiger partial charge in [0.1, 0.15) is 0 Å². The van der Waals surface area contributed by atoms with Gasteiger partial charge in [-0.3, -0.25) is 10.1 Å². The molecule has 94 valence electrons. The number of hydrogen-bond donors (Lipinski definition) is 0. The molecule has 0 radical (unpaired) electrons. The molecule has 1 aromatic heterocycles. The number of nitro benzene ring substituents is 1. The van der Waals surface area contributed by atoms with Crippen molar-refractivity contribution in [1.82, 2.24) is 4.98 Å². The number of nitrogens with zero attached hydrogens (tertiary/aromatic N) is 2. The predicted octanol–water partition coefficient (Wildman–Crippen LogP) is 3.86. The number of alkyl halides is 1. The first-order valence-corrected chi connectivity index (χ1v) is 6.79. The van der Waals surface area contributed by atoms with Crippen molar-refractivity contribution < 1.29 is 4.92 Å². The number of non-ortho nitro benzene ring substituents is 1. The van der Waals surface area contributed by atoms with E-state index < -0.39 is 4.92 Å². The van der Waals surface area contributed by atoms with Crippen LogP contribution in [-0.4, -0.2) is 21.0 Å². The van der Waals surface area contributed by atoms with E-state index in [-0.39, 0.29) is 10.9 Å². The van der Waals surface area contributed by atoms with Crippen molar-refractivity contribution in [3.63, 3.8) is 0 Å². The molecule has 0 N–H and O–H groups in total. The minimum Gasteiger partial charge on any atom is -0.258 e. The van der Waals surface area contributed by atoms with Crippen LogP contribution in [0.25, 0.3) is 10.9 Å². The first-order valence-electron chi connectivity index (χ1n) is 5.38. The largest absolute Gasteiger partial charge is 0.270 e. The molecule has 0 saturated heterocycles. The minimum absolute atomic E-state index is 0.0822. The van der Waals surface area contributed by atoms with Gasteiger partial charge >= 0.3 is 0 Å². The highest BCUT2D eigenvalue weighted by molar-refractivity contribution is 7.99. The van der Waals surface area contributed by atoms with E-state index in [1.807, 2.05) is 19.1 Å². The van der Waals surface area contributed by atoms with Crippen LogP contribution in [0.1, 0.15) is 6.92 Å². The fourth-order valence-corrected chi connectivity index (χ4v) is 2.47. The average molecular weight is 283 g/mol. The highest BCUT2D eigenvalue weighted by Crippen LogP contribution is 2.26. The molecule has 4 nitrogen and oxygen atoms in total. The summed E-state index contributed by atoms with van der Waals surface area (Å²) in [6.45, 7) is 2.03. The third kappa shape index (κ3) is 2.91. The lowest BCUT2D eigenvalue weighted by atomic mass is 10.2. The summed E-state index contributed by atoms with van der Waals surface area (Å²) in [5, 5.41) is 12.6. The Kier molecular flexibility index (Phi) is 4.04. The molecular weight excluding hydrogens is 272 g/mol. The monoisotopic (exact) mass is 282 g/mol. The van der Waals surface area contributed by atoms with E-state index in [0.717, 1.165) is 15.9 Å². The van der Waals surface area contributed by atoms with Crippen molar-refractivity contribution in [3.8, 4) is 0 Å². The SMILES string of the molecule is CC(CCl)Sc1ccc2cc([N+](=O)[O-])ccc2n1. The first kappa shape index (κ1) is 13.1. The lowest BCUT2D eigenvalue weighted by molar-refractivity contribution is -0.384. The molecule has 1 heterocycles. The van der Waals surface area contributed by atoms with Crippen molar-refractivity contribution in [2.45, 2.75) is 17.2 Å². The van der Waals surface area contributed by atoms with Crippen LogP contribution in [0.15, 0.2) is 35.4 Å². The van der Waals surface area contributed by atoms with Gasteiger partial charge < -0.3 is 0 Å². The van der Waals surface area contributed by atoms with Crippen LogP contribution in [0.2, 0.25) is 0 Å². The Morgan fingerprint density at radius 3 is 2.89 bits per heavy atom. The number of aromatic nitrogens is 1. The summed E-state index contributed by atoms with van der Waals surface area (Å²) in [6, 6.07) is 8.37. The van der Waals surface area contributed by atoms with Crippen molar-refractivity contribution in [2.24, 2.45) is 0 Å². The van der Waals surface area contributed by atoms with Gasteiger partial charge in [0.25, 0.3) is 5.69 Å².